The Bertz CT molecular complexity index is 638. The molecule has 1 rings (SSSR count). The first-order chi connectivity index (χ1) is 9.49. The van der Waals surface area contributed by atoms with Gasteiger partial charge in [0.2, 0.25) is 10.0 Å². The second-order valence-corrected chi connectivity index (χ2v) is 8.97. The molecule has 0 spiro atoms. The molecular weight excluding hydrogens is 426 g/mol. The van der Waals surface area contributed by atoms with E-state index in [2.05, 4.69) is 41.3 Å². The van der Waals surface area contributed by atoms with Crippen LogP contribution >= 0.6 is 31.9 Å². The Balaban J connectivity index is 3.21. The van der Waals surface area contributed by atoms with Crippen LogP contribution in [0.15, 0.2) is 32.0 Å². The SMILES string of the molecule is COC(=O)C(NS(=O)(=O)c1ccc(Br)cc1Br)C(C)(C)C. The van der Waals surface area contributed by atoms with Gasteiger partial charge in [0.05, 0.1) is 12.0 Å². The Morgan fingerprint density at radius 3 is 2.29 bits per heavy atom. The molecule has 0 radical (unpaired) electrons. The Kier molecular flexibility index (Phi) is 5.99. The number of halogens is 2. The standard InChI is InChI=1S/C13H17Br2NO4S/c1-13(2,3)11(12(17)20-4)16-21(18,19)10-6-5-8(14)7-9(10)15/h5-7,11,16H,1-4H3. The monoisotopic (exact) mass is 441 g/mol. The molecule has 8 heteroatoms. The van der Waals surface area contributed by atoms with Gasteiger partial charge in [-0.15, -0.1) is 0 Å². The lowest BCUT2D eigenvalue weighted by Crippen LogP contribution is -2.49. The number of rotatable bonds is 4. The van der Waals surface area contributed by atoms with Gasteiger partial charge in [0, 0.05) is 8.95 Å². The van der Waals surface area contributed by atoms with Gasteiger partial charge in [0.15, 0.2) is 0 Å². The zero-order valence-corrected chi connectivity index (χ0v) is 16.1. The van der Waals surface area contributed by atoms with Crippen molar-refractivity contribution in [3.05, 3.63) is 27.1 Å². The van der Waals surface area contributed by atoms with Crippen molar-refractivity contribution in [2.75, 3.05) is 7.11 Å². The molecule has 0 saturated heterocycles. The summed E-state index contributed by atoms with van der Waals surface area (Å²) >= 11 is 6.47. The molecule has 1 unspecified atom stereocenters. The van der Waals surface area contributed by atoms with Crippen molar-refractivity contribution >= 4 is 47.9 Å². The summed E-state index contributed by atoms with van der Waals surface area (Å²) in [6, 6.07) is 3.71. The average Bonchev–Trinajstić information content (AvgIpc) is 2.33. The molecular formula is C13H17Br2NO4S. The minimum atomic E-state index is -3.86. The second-order valence-electron chi connectivity index (χ2n) is 5.52. The minimum absolute atomic E-state index is 0.0591. The van der Waals surface area contributed by atoms with E-state index in [-0.39, 0.29) is 4.90 Å². The van der Waals surface area contributed by atoms with E-state index >= 15 is 0 Å². The van der Waals surface area contributed by atoms with E-state index < -0.39 is 27.4 Å². The van der Waals surface area contributed by atoms with Crippen molar-refractivity contribution in [1.82, 2.24) is 4.72 Å². The van der Waals surface area contributed by atoms with Crippen molar-refractivity contribution < 1.29 is 17.9 Å². The van der Waals surface area contributed by atoms with Crippen LogP contribution in [0.1, 0.15) is 20.8 Å². The Morgan fingerprint density at radius 1 is 1.29 bits per heavy atom. The van der Waals surface area contributed by atoms with Crippen LogP contribution in [0.3, 0.4) is 0 Å². The highest BCUT2D eigenvalue weighted by molar-refractivity contribution is 9.11. The van der Waals surface area contributed by atoms with E-state index in [1.165, 1.54) is 13.2 Å². The zero-order valence-electron chi connectivity index (χ0n) is 12.1. The number of methoxy groups -OCH3 is 1. The maximum Gasteiger partial charge on any atom is 0.324 e. The Hall–Kier alpha value is -0.440. The number of hydrogen-bond donors (Lipinski definition) is 1. The lowest BCUT2D eigenvalue weighted by atomic mass is 9.87. The van der Waals surface area contributed by atoms with E-state index in [1.807, 2.05) is 0 Å². The van der Waals surface area contributed by atoms with Gasteiger partial charge in [-0.1, -0.05) is 36.7 Å². The maximum atomic E-state index is 12.5. The lowest BCUT2D eigenvalue weighted by Gasteiger charge is -2.28. The van der Waals surface area contributed by atoms with Gasteiger partial charge in [-0.2, -0.15) is 4.72 Å². The van der Waals surface area contributed by atoms with Crippen LogP contribution in [-0.2, 0) is 19.6 Å². The van der Waals surface area contributed by atoms with Crippen LogP contribution < -0.4 is 4.72 Å². The predicted molar refractivity (Wildman–Crippen MR) is 87.4 cm³/mol. The number of benzene rings is 1. The number of carbonyl (C=O) groups is 1. The molecule has 0 aliphatic carbocycles. The van der Waals surface area contributed by atoms with E-state index in [0.717, 1.165) is 4.47 Å². The molecule has 1 atom stereocenters. The van der Waals surface area contributed by atoms with Crippen LogP contribution in [0, 0.1) is 5.41 Å². The third kappa shape index (κ3) is 4.77. The molecule has 0 amide bonds. The lowest BCUT2D eigenvalue weighted by molar-refractivity contribution is -0.145. The van der Waals surface area contributed by atoms with Gasteiger partial charge in [0.25, 0.3) is 0 Å². The van der Waals surface area contributed by atoms with Crippen LogP contribution in [0.25, 0.3) is 0 Å². The van der Waals surface area contributed by atoms with Gasteiger partial charge < -0.3 is 4.74 Å². The molecule has 0 aromatic heterocycles. The van der Waals surface area contributed by atoms with Crippen molar-refractivity contribution in [2.24, 2.45) is 5.41 Å². The summed E-state index contributed by atoms with van der Waals surface area (Å²) in [4.78, 5) is 11.9. The third-order valence-electron chi connectivity index (χ3n) is 2.76. The summed E-state index contributed by atoms with van der Waals surface area (Å²) in [6.45, 7) is 5.27. The van der Waals surface area contributed by atoms with Crippen LogP contribution in [0.4, 0.5) is 0 Å². The molecule has 0 heterocycles. The molecule has 21 heavy (non-hydrogen) atoms. The number of nitrogens with one attached hydrogen (secondary N) is 1. The summed E-state index contributed by atoms with van der Waals surface area (Å²) in [5, 5.41) is 0. The van der Waals surface area contributed by atoms with Crippen molar-refractivity contribution in [3.63, 3.8) is 0 Å². The fourth-order valence-electron chi connectivity index (χ4n) is 1.61. The molecule has 0 aliphatic heterocycles. The normalized spacial score (nSPS) is 13.8. The van der Waals surface area contributed by atoms with Gasteiger partial charge in [0.1, 0.15) is 6.04 Å². The summed E-state index contributed by atoms with van der Waals surface area (Å²) in [7, 11) is -2.64. The zero-order chi connectivity index (χ0) is 16.4. The fraction of sp³-hybridized carbons (Fsp3) is 0.462. The topological polar surface area (TPSA) is 72.5 Å². The number of carbonyl (C=O) groups excluding carboxylic acids is 1. The van der Waals surface area contributed by atoms with Crippen LogP contribution in [0.2, 0.25) is 0 Å². The Labute approximate surface area is 141 Å². The van der Waals surface area contributed by atoms with E-state index in [1.54, 1.807) is 32.9 Å². The van der Waals surface area contributed by atoms with Gasteiger partial charge in [-0.3, -0.25) is 4.79 Å². The van der Waals surface area contributed by atoms with Crippen molar-refractivity contribution in [3.8, 4) is 0 Å². The van der Waals surface area contributed by atoms with E-state index in [0.29, 0.717) is 4.47 Å². The van der Waals surface area contributed by atoms with Gasteiger partial charge in [-0.25, -0.2) is 8.42 Å². The van der Waals surface area contributed by atoms with E-state index in [9.17, 15) is 13.2 Å². The highest BCUT2D eigenvalue weighted by Crippen LogP contribution is 2.28. The third-order valence-corrected chi connectivity index (χ3v) is 5.65. The molecule has 0 fully saturated rings. The molecule has 0 bridgehead atoms. The quantitative estimate of drug-likeness (QED) is 0.727. The number of hydrogen-bond acceptors (Lipinski definition) is 4. The number of esters is 1. The smallest absolute Gasteiger partial charge is 0.324 e. The molecule has 0 aliphatic rings. The van der Waals surface area contributed by atoms with Crippen molar-refractivity contribution in [2.45, 2.75) is 31.7 Å². The van der Waals surface area contributed by atoms with Gasteiger partial charge >= 0.3 is 5.97 Å². The minimum Gasteiger partial charge on any atom is -0.468 e. The fourth-order valence-corrected chi connectivity index (χ4v) is 4.74. The molecule has 1 N–H and O–H groups in total. The number of ether oxygens (including phenoxy) is 1. The average molecular weight is 443 g/mol. The van der Waals surface area contributed by atoms with E-state index in [4.69, 9.17) is 0 Å². The summed E-state index contributed by atoms with van der Waals surface area (Å²) in [6.07, 6.45) is 0. The highest BCUT2D eigenvalue weighted by Gasteiger charge is 2.36. The maximum absolute atomic E-state index is 12.5. The molecule has 118 valence electrons. The highest BCUT2D eigenvalue weighted by atomic mass is 79.9. The first kappa shape index (κ1) is 18.6. The van der Waals surface area contributed by atoms with Crippen molar-refractivity contribution in [1.29, 1.82) is 0 Å². The second kappa shape index (κ2) is 6.76. The molecule has 5 nitrogen and oxygen atoms in total. The number of sulfonamides is 1. The predicted octanol–water partition coefficient (Wildman–Crippen LogP) is 3.08. The largest absolute Gasteiger partial charge is 0.468 e. The first-order valence-corrected chi connectivity index (χ1v) is 9.11. The van der Waals surface area contributed by atoms with Crippen LogP contribution in [-0.4, -0.2) is 27.5 Å². The molecule has 1 aromatic carbocycles. The summed E-state index contributed by atoms with van der Waals surface area (Å²) < 4.78 is 33.2. The first-order valence-electron chi connectivity index (χ1n) is 6.04. The van der Waals surface area contributed by atoms with Crippen LogP contribution in [0.5, 0.6) is 0 Å². The summed E-state index contributed by atoms with van der Waals surface area (Å²) in [5.41, 5.74) is -0.623. The van der Waals surface area contributed by atoms with Gasteiger partial charge in [-0.05, 0) is 39.5 Å². The Morgan fingerprint density at radius 2 is 1.86 bits per heavy atom. The molecule has 1 aromatic rings. The molecule has 0 saturated carbocycles. The summed E-state index contributed by atoms with van der Waals surface area (Å²) in [5.74, 6) is -0.626.